The Morgan fingerprint density at radius 3 is 2.45 bits per heavy atom. The van der Waals surface area contributed by atoms with Gasteiger partial charge in [-0.25, -0.2) is 0 Å². The fourth-order valence-corrected chi connectivity index (χ4v) is 2.27. The van der Waals surface area contributed by atoms with Crippen molar-refractivity contribution in [2.45, 2.75) is 0 Å². The molecule has 4 nitrogen and oxygen atoms in total. The molecule has 0 aliphatic rings. The lowest BCUT2D eigenvalue weighted by atomic mass is 10.0. The van der Waals surface area contributed by atoms with Crippen LogP contribution in [0.4, 0.5) is 0 Å². The maximum atomic E-state index is 12.2. The summed E-state index contributed by atoms with van der Waals surface area (Å²) in [7, 11) is 1.58. The molecule has 0 atom stereocenters. The van der Waals surface area contributed by atoms with Gasteiger partial charge in [0.25, 0.3) is 0 Å². The van der Waals surface area contributed by atoms with Crippen LogP contribution in [0.25, 0.3) is 22.0 Å². The molecule has 0 unspecified atom stereocenters. The fraction of sp³-hybridized carbons (Fsp3) is 0.0625. The molecule has 0 saturated carbocycles. The van der Waals surface area contributed by atoms with Crippen LogP contribution in [0.5, 0.6) is 11.5 Å². The van der Waals surface area contributed by atoms with Crippen LogP contribution >= 0.6 is 0 Å². The van der Waals surface area contributed by atoms with Crippen molar-refractivity contribution in [1.29, 1.82) is 0 Å². The number of nitrogens with one attached hydrogen (secondary N) is 1. The summed E-state index contributed by atoms with van der Waals surface area (Å²) in [6.07, 6.45) is 0. The van der Waals surface area contributed by atoms with Crippen LogP contribution < -0.4 is 15.4 Å². The molecule has 0 saturated heterocycles. The quantitative estimate of drug-likeness (QED) is 0.773. The molecule has 0 amide bonds. The summed E-state index contributed by atoms with van der Waals surface area (Å²) in [5.74, 6) is 0.184. The molecular formula is C16H12NO3-. The summed E-state index contributed by atoms with van der Waals surface area (Å²) in [6, 6.07) is 14.4. The molecule has 2 aromatic carbocycles. The lowest BCUT2D eigenvalue weighted by molar-refractivity contribution is -0.269. The van der Waals surface area contributed by atoms with E-state index in [9.17, 15) is 9.90 Å². The Morgan fingerprint density at radius 1 is 1.05 bits per heavy atom. The van der Waals surface area contributed by atoms with Gasteiger partial charge in [-0.2, -0.15) is 0 Å². The Morgan fingerprint density at radius 2 is 1.75 bits per heavy atom. The molecule has 100 valence electrons. The molecule has 1 N–H and O–H groups in total. The molecular weight excluding hydrogens is 254 g/mol. The van der Waals surface area contributed by atoms with Gasteiger partial charge in [0.2, 0.25) is 5.56 Å². The van der Waals surface area contributed by atoms with E-state index in [-0.39, 0.29) is 0 Å². The maximum Gasteiger partial charge on any atom is 0.241 e. The van der Waals surface area contributed by atoms with Gasteiger partial charge in [0, 0.05) is 10.9 Å². The Labute approximate surface area is 115 Å². The minimum Gasteiger partial charge on any atom is -0.868 e. The molecule has 0 aliphatic carbocycles. The van der Waals surface area contributed by atoms with Crippen LogP contribution in [-0.4, -0.2) is 12.1 Å². The largest absolute Gasteiger partial charge is 0.868 e. The number of hydrogen-bond donors (Lipinski definition) is 1. The van der Waals surface area contributed by atoms with Gasteiger partial charge in [-0.05, 0) is 35.1 Å². The van der Waals surface area contributed by atoms with Crippen LogP contribution in [-0.2, 0) is 0 Å². The molecule has 0 aliphatic heterocycles. The number of pyridine rings is 1. The number of hydrogen-bond acceptors (Lipinski definition) is 3. The normalized spacial score (nSPS) is 10.7. The standard InChI is InChI=1S/C16H13NO3/c1-20-11-8-6-10(7-9-11)14-12-4-2-3-5-13(12)17-16(19)15(14)18/h2-9,18H,1H3,(H,17,19)/p-1. The number of fused-ring (bicyclic) bond motifs is 1. The summed E-state index contributed by atoms with van der Waals surface area (Å²) < 4.78 is 5.10. The van der Waals surface area contributed by atoms with Crippen molar-refractivity contribution in [2.24, 2.45) is 0 Å². The summed E-state index contributed by atoms with van der Waals surface area (Å²) in [6.45, 7) is 0. The van der Waals surface area contributed by atoms with Gasteiger partial charge in [0.05, 0.1) is 7.11 Å². The highest BCUT2D eigenvalue weighted by molar-refractivity contribution is 5.97. The van der Waals surface area contributed by atoms with Crippen LogP contribution in [0.3, 0.4) is 0 Å². The topological polar surface area (TPSA) is 65.2 Å². The van der Waals surface area contributed by atoms with E-state index in [1.54, 1.807) is 37.4 Å². The second kappa shape index (κ2) is 4.74. The van der Waals surface area contributed by atoms with Gasteiger partial charge in [0.1, 0.15) is 5.75 Å². The average molecular weight is 266 g/mol. The molecule has 20 heavy (non-hydrogen) atoms. The first-order chi connectivity index (χ1) is 9.70. The monoisotopic (exact) mass is 266 g/mol. The molecule has 1 heterocycles. The number of aromatic nitrogens is 1. The first-order valence-corrected chi connectivity index (χ1v) is 6.17. The van der Waals surface area contributed by atoms with Crippen molar-refractivity contribution in [1.82, 2.24) is 4.98 Å². The van der Waals surface area contributed by atoms with E-state index >= 15 is 0 Å². The first kappa shape index (κ1) is 12.3. The predicted molar refractivity (Wildman–Crippen MR) is 76.0 cm³/mol. The SMILES string of the molecule is COc1ccc(-c2c([O-])c(=O)[nH]c3ccccc23)cc1. The smallest absolute Gasteiger partial charge is 0.241 e. The highest BCUT2D eigenvalue weighted by atomic mass is 16.5. The molecule has 0 radical (unpaired) electrons. The Bertz CT molecular complexity index is 819. The van der Waals surface area contributed by atoms with E-state index < -0.39 is 11.3 Å². The number of ether oxygens (including phenoxy) is 1. The number of H-pyrrole nitrogens is 1. The Hall–Kier alpha value is -2.75. The van der Waals surface area contributed by atoms with Gasteiger partial charge < -0.3 is 14.8 Å². The summed E-state index contributed by atoms with van der Waals surface area (Å²) >= 11 is 0. The Kier molecular flexibility index (Phi) is 2.91. The zero-order valence-electron chi connectivity index (χ0n) is 10.8. The number of para-hydroxylation sites is 1. The summed E-state index contributed by atoms with van der Waals surface area (Å²) in [5, 5.41) is 12.9. The van der Waals surface area contributed by atoms with E-state index in [1.807, 2.05) is 18.2 Å². The first-order valence-electron chi connectivity index (χ1n) is 6.17. The predicted octanol–water partition coefficient (Wildman–Crippen LogP) is 2.28. The van der Waals surface area contributed by atoms with E-state index in [0.717, 1.165) is 5.39 Å². The fourth-order valence-electron chi connectivity index (χ4n) is 2.27. The third-order valence-electron chi connectivity index (χ3n) is 3.26. The third kappa shape index (κ3) is 1.91. The van der Waals surface area contributed by atoms with Crippen LogP contribution in [0.2, 0.25) is 0 Å². The third-order valence-corrected chi connectivity index (χ3v) is 3.26. The highest BCUT2D eigenvalue weighted by Crippen LogP contribution is 2.32. The highest BCUT2D eigenvalue weighted by Gasteiger charge is 2.08. The summed E-state index contributed by atoms with van der Waals surface area (Å²) in [4.78, 5) is 14.4. The molecule has 0 bridgehead atoms. The molecule has 4 heteroatoms. The lowest BCUT2D eigenvalue weighted by Crippen LogP contribution is -2.14. The van der Waals surface area contributed by atoms with E-state index in [0.29, 0.717) is 22.4 Å². The van der Waals surface area contributed by atoms with Crippen molar-refractivity contribution < 1.29 is 9.84 Å². The van der Waals surface area contributed by atoms with Gasteiger partial charge in [-0.3, -0.25) is 4.79 Å². The number of methoxy groups -OCH3 is 1. The molecule has 3 aromatic rings. The second-order valence-corrected chi connectivity index (χ2v) is 4.43. The van der Waals surface area contributed by atoms with Gasteiger partial charge in [-0.15, -0.1) is 0 Å². The van der Waals surface area contributed by atoms with E-state index in [2.05, 4.69) is 4.98 Å². The van der Waals surface area contributed by atoms with Crippen molar-refractivity contribution in [3.8, 4) is 22.6 Å². The van der Waals surface area contributed by atoms with E-state index in [4.69, 9.17) is 4.74 Å². The minimum atomic E-state index is -0.602. The minimum absolute atomic E-state index is 0.423. The van der Waals surface area contributed by atoms with Crippen LogP contribution in [0, 0.1) is 0 Å². The average Bonchev–Trinajstić information content (AvgIpc) is 2.49. The maximum absolute atomic E-state index is 12.2. The zero-order chi connectivity index (χ0) is 14.1. The molecule has 1 aromatic heterocycles. The zero-order valence-corrected chi connectivity index (χ0v) is 10.8. The summed E-state index contributed by atoms with van der Waals surface area (Å²) in [5.41, 5.74) is 1.18. The van der Waals surface area contributed by atoms with Gasteiger partial charge in [0.15, 0.2) is 0 Å². The van der Waals surface area contributed by atoms with Gasteiger partial charge in [-0.1, -0.05) is 30.3 Å². The van der Waals surface area contributed by atoms with Crippen molar-refractivity contribution in [3.05, 3.63) is 58.9 Å². The Balaban J connectivity index is 2.33. The lowest BCUT2D eigenvalue weighted by Gasteiger charge is -2.15. The van der Waals surface area contributed by atoms with Gasteiger partial charge >= 0.3 is 0 Å². The van der Waals surface area contributed by atoms with Crippen molar-refractivity contribution >= 4 is 10.9 Å². The number of benzene rings is 2. The van der Waals surface area contributed by atoms with Crippen LogP contribution in [0.1, 0.15) is 0 Å². The molecule has 0 spiro atoms. The second-order valence-electron chi connectivity index (χ2n) is 4.43. The van der Waals surface area contributed by atoms with Crippen LogP contribution in [0.15, 0.2) is 53.3 Å². The molecule has 0 fully saturated rings. The van der Waals surface area contributed by atoms with Crippen molar-refractivity contribution in [3.63, 3.8) is 0 Å². The van der Waals surface area contributed by atoms with Crippen molar-refractivity contribution in [2.75, 3.05) is 7.11 Å². The number of rotatable bonds is 2. The van der Waals surface area contributed by atoms with E-state index in [1.165, 1.54) is 0 Å². The number of aromatic amines is 1. The molecule has 3 rings (SSSR count).